The van der Waals surface area contributed by atoms with E-state index in [1.807, 2.05) is 60.7 Å². The van der Waals surface area contributed by atoms with Crippen molar-refractivity contribution in [3.05, 3.63) is 119 Å². The molecule has 1 amide bonds. The van der Waals surface area contributed by atoms with Crippen molar-refractivity contribution in [2.75, 3.05) is 5.32 Å². The van der Waals surface area contributed by atoms with E-state index < -0.39 is 23.5 Å². The van der Waals surface area contributed by atoms with Crippen LogP contribution in [0.25, 0.3) is 11.1 Å². The molecule has 1 aromatic heterocycles. The maximum atomic E-state index is 14.7. The third-order valence-electron chi connectivity index (χ3n) is 5.20. The number of H-pyrrole nitrogens is 1. The summed E-state index contributed by atoms with van der Waals surface area (Å²) < 4.78 is 14.7. The largest absolute Gasteiger partial charge is 0.344 e. The normalized spacial score (nSPS) is 11.5. The first-order valence-corrected chi connectivity index (χ1v) is 10.0. The van der Waals surface area contributed by atoms with E-state index in [2.05, 4.69) is 15.3 Å². The van der Waals surface area contributed by atoms with Crippen LogP contribution in [-0.4, -0.2) is 21.9 Å². The minimum atomic E-state index is -0.897. The molecule has 0 aliphatic rings. The zero-order valence-electron chi connectivity index (χ0n) is 17.4. The van der Waals surface area contributed by atoms with Gasteiger partial charge >= 0.3 is 5.69 Å². The number of carbonyl (C=O) groups excluding carboxylic acids is 1. The first-order chi connectivity index (χ1) is 15.5. The molecule has 168 valence electrons. The Balaban J connectivity index is 0.00000306. The molecule has 33 heavy (non-hydrogen) atoms. The van der Waals surface area contributed by atoms with Gasteiger partial charge in [-0.2, -0.15) is 0 Å². The molecule has 3 aromatic carbocycles. The van der Waals surface area contributed by atoms with Gasteiger partial charge in [-0.25, -0.2) is 14.2 Å². The number of nitrogens with two attached hydrogens (primary N) is 1. The van der Waals surface area contributed by atoms with Crippen molar-refractivity contribution in [2.45, 2.75) is 12.0 Å². The highest BCUT2D eigenvalue weighted by molar-refractivity contribution is 5.96. The number of aromatic amines is 1. The molecule has 6 nitrogen and oxygen atoms in total. The standard InChI is InChI=1S/C25H21FN4O2.ClH/c26-21-13-19(11-12-20(21)18-14-28-25(32)29-15-18)30-24(31)23(27)22(16-7-3-1-4-8-16)17-9-5-2-6-10-17;/h1-15,22-23H,27H2,(H,30,31)(H,28,29,32);1H/t23-;/m0./s1. The summed E-state index contributed by atoms with van der Waals surface area (Å²) >= 11 is 0. The van der Waals surface area contributed by atoms with Crippen LogP contribution in [0, 0.1) is 5.82 Å². The van der Waals surface area contributed by atoms with Crippen molar-refractivity contribution in [1.29, 1.82) is 0 Å². The molecule has 4 rings (SSSR count). The van der Waals surface area contributed by atoms with Gasteiger partial charge in [-0.1, -0.05) is 60.7 Å². The molecule has 8 heteroatoms. The summed E-state index contributed by atoms with van der Waals surface area (Å²) in [5, 5.41) is 2.71. The quantitative estimate of drug-likeness (QED) is 0.400. The monoisotopic (exact) mass is 464 g/mol. The van der Waals surface area contributed by atoms with Gasteiger partial charge in [-0.15, -0.1) is 12.4 Å². The van der Waals surface area contributed by atoms with E-state index in [0.717, 1.165) is 11.1 Å². The number of nitrogens with one attached hydrogen (secondary N) is 2. The highest BCUT2D eigenvalue weighted by atomic mass is 35.5. The number of anilines is 1. The third-order valence-corrected chi connectivity index (χ3v) is 5.20. The van der Waals surface area contributed by atoms with Crippen LogP contribution < -0.4 is 16.7 Å². The predicted molar refractivity (Wildman–Crippen MR) is 129 cm³/mol. The van der Waals surface area contributed by atoms with Gasteiger partial charge in [0, 0.05) is 35.1 Å². The van der Waals surface area contributed by atoms with Crippen molar-refractivity contribution in [2.24, 2.45) is 5.73 Å². The van der Waals surface area contributed by atoms with Crippen LogP contribution in [0.3, 0.4) is 0 Å². The lowest BCUT2D eigenvalue weighted by Gasteiger charge is -2.24. The average molecular weight is 465 g/mol. The Morgan fingerprint density at radius 2 is 1.58 bits per heavy atom. The van der Waals surface area contributed by atoms with E-state index in [0.29, 0.717) is 5.56 Å². The number of amides is 1. The minimum Gasteiger partial charge on any atom is -0.325 e. The number of benzene rings is 3. The number of nitrogens with zero attached hydrogens (tertiary/aromatic N) is 1. The second-order valence-electron chi connectivity index (χ2n) is 7.32. The van der Waals surface area contributed by atoms with Gasteiger partial charge in [0.05, 0.1) is 6.04 Å². The highest BCUT2D eigenvalue weighted by Gasteiger charge is 2.28. The molecule has 0 aliphatic carbocycles. The maximum Gasteiger partial charge on any atom is 0.344 e. The Morgan fingerprint density at radius 1 is 0.970 bits per heavy atom. The van der Waals surface area contributed by atoms with E-state index in [9.17, 15) is 14.0 Å². The van der Waals surface area contributed by atoms with Gasteiger partial charge in [-0.05, 0) is 29.3 Å². The fourth-order valence-corrected chi connectivity index (χ4v) is 3.62. The van der Waals surface area contributed by atoms with Crippen LogP contribution in [0.15, 0.2) is 96.1 Å². The van der Waals surface area contributed by atoms with E-state index in [1.165, 1.54) is 24.5 Å². The smallest absolute Gasteiger partial charge is 0.325 e. The van der Waals surface area contributed by atoms with E-state index in [1.54, 1.807) is 6.07 Å². The van der Waals surface area contributed by atoms with E-state index in [-0.39, 0.29) is 29.6 Å². The second kappa shape index (κ2) is 10.7. The van der Waals surface area contributed by atoms with Crippen LogP contribution in [0.5, 0.6) is 0 Å². The first-order valence-electron chi connectivity index (χ1n) is 10.0. The molecule has 1 heterocycles. The maximum absolute atomic E-state index is 14.7. The van der Waals surface area contributed by atoms with Crippen LogP contribution in [0.1, 0.15) is 17.0 Å². The molecule has 0 spiro atoms. The number of halogens is 2. The molecule has 0 saturated carbocycles. The van der Waals surface area contributed by atoms with Gasteiger partial charge in [0.25, 0.3) is 0 Å². The lowest BCUT2D eigenvalue weighted by Crippen LogP contribution is -2.41. The van der Waals surface area contributed by atoms with Gasteiger partial charge in [-0.3, -0.25) is 4.79 Å². The van der Waals surface area contributed by atoms with E-state index >= 15 is 0 Å². The Morgan fingerprint density at radius 3 is 2.09 bits per heavy atom. The molecule has 0 bridgehead atoms. The first kappa shape index (κ1) is 23.8. The van der Waals surface area contributed by atoms with Crippen LogP contribution in [-0.2, 0) is 4.79 Å². The van der Waals surface area contributed by atoms with Crippen molar-refractivity contribution in [3.63, 3.8) is 0 Å². The minimum absolute atomic E-state index is 0. The molecule has 0 fully saturated rings. The summed E-state index contributed by atoms with van der Waals surface area (Å²) in [6.45, 7) is 0. The Kier molecular flexibility index (Phi) is 7.71. The molecule has 0 unspecified atom stereocenters. The van der Waals surface area contributed by atoms with Crippen LogP contribution in [0.4, 0.5) is 10.1 Å². The van der Waals surface area contributed by atoms with Crippen molar-refractivity contribution < 1.29 is 9.18 Å². The van der Waals surface area contributed by atoms with Crippen LogP contribution >= 0.6 is 12.4 Å². The summed E-state index contributed by atoms with van der Waals surface area (Å²) in [5.41, 5.74) is 8.66. The molecule has 0 saturated heterocycles. The van der Waals surface area contributed by atoms with Gasteiger partial charge < -0.3 is 16.0 Å². The lowest BCUT2D eigenvalue weighted by atomic mass is 9.85. The molecule has 0 aliphatic heterocycles. The highest BCUT2D eigenvalue weighted by Crippen LogP contribution is 2.29. The fourth-order valence-electron chi connectivity index (χ4n) is 3.62. The lowest BCUT2D eigenvalue weighted by molar-refractivity contribution is -0.117. The molecule has 4 N–H and O–H groups in total. The number of aromatic nitrogens is 2. The second-order valence-corrected chi connectivity index (χ2v) is 7.32. The number of rotatable bonds is 6. The van der Waals surface area contributed by atoms with Crippen molar-refractivity contribution in [1.82, 2.24) is 9.97 Å². The van der Waals surface area contributed by atoms with Gasteiger partial charge in [0.1, 0.15) is 5.82 Å². The number of carbonyl (C=O) groups is 1. The van der Waals surface area contributed by atoms with Crippen molar-refractivity contribution >= 4 is 24.0 Å². The summed E-state index contributed by atoms with van der Waals surface area (Å²) in [4.78, 5) is 30.1. The topological polar surface area (TPSA) is 101 Å². The molecular weight excluding hydrogens is 443 g/mol. The average Bonchev–Trinajstić information content (AvgIpc) is 2.81. The summed E-state index contributed by atoms with van der Waals surface area (Å²) in [6.07, 6.45) is 2.67. The molecule has 0 radical (unpaired) electrons. The van der Waals surface area contributed by atoms with E-state index in [4.69, 9.17) is 5.73 Å². The van der Waals surface area contributed by atoms with Gasteiger partial charge in [0.2, 0.25) is 5.91 Å². The zero-order chi connectivity index (χ0) is 22.5. The predicted octanol–water partition coefficient (Wildman–Crippen LogP) is 4.10. The third kappa shape index (κ3) is 5.52. The molecule has 1 atom stereocenters. The Bertz CT molecular complexity index is 1220. The summed E-state index contributed by atoms with van der Waals surface area (Å²) in [7, 11) is 0. The number of hydrogen-bond acceptors (Lipinski definition) is 4. The summed E-state index contributed by atoms with van der Waals surface area (Å²) in [5.74, 6) is -1.36. The molecular formula is C25H22ClFN4O2. The SMILES string of the molecule is Cl.N[C@H](C(=O)Nc1ccc(-c2cnc(=O)[nH]c2)c(F)c1)C(c1ccccc1)c1ccccc1. The Labute approximate surface area is 196 Å². The zero-order valence-corrected chi connectivity index (χ0v) is 18.3. The van der Waals surface area contributed by atoms with Crippen LogP contribution in [0.2, 0.25) is 0 Å². The van der Waals surface area contributed by atoms with Crippen molar-refractivity contribution in [3.8, 4) is 11.1 Å². The molecule has 4 aromatic rings. The summed E-state index contributed by atoms with van der Waals surface area (Å²) in [6, 6.07) is 22.5. The number of hydrogen-bond donors (Lipinski definition) is 3. The Hall–Kier alpha value is -3.81. The fraction of sp³-hybridized carbons (Fsp3) is 0.0800. The van der Waals surface area contributed by atoms with Gasteiger partial charge in [0.15, 0.2) is 0 Å².